The maximum absolute atomic E-state index is 13.4. The molecule has 0 spiro atoms. The van der Waals surface area contributed by atoms with Crippen molar-refractivity contribution in [1.82, 2.24) is 14.5 Å². The van der Waals surface area contributed by atoms with E-state index in [1.807, 2.05) is 35.8 Å². The normalized spacial score (nSPS) is 14.8. The van der Waals surface area contributed by atoms with Crippen LogP contribution in [-0.2, 0) is 12.7 Å². The first-order chi connectivity index (χ1) is 16.3. The van der Waals surface area contributed by atoms with Crippen molar-refractivity contribution in [2.45, 2.75) is 38.4 Å². The molecule has 1 aromatic heterocycles. The Kier molecular flexibility index (Phi) is 7.41. The van der Waals surface area contributed by atoms with E-state index in [0.29, 0.717) is 11.7 Å². The first kappa shape index (κ1) is 24.1. The molecule has 4 rings (SSSR count). The number of benzene rings is 2. The van der Waals surface area contributed by atoms with E-state index in [0.717, 1.165) is 49.3 Å². The average Bonchev–Trinajstić information content (AvgIpc) is 3.28. The largest absolute Gasteiger partial charge is 0.494 e. The molecule has 1 aliphatic heterocycles. The van der Waals surface area contributed by atoms with E-state index < -0.39 is 11.7 Å². The molecule has 34 heavy (non-hydrogen) atoms. The molecule has 3 aromatic rings. The first-order valence-electron chi connectivity index (χ1n) is 11.3. The standard InChI is InChI=1S/C25H27F3N4OS/c1-2-33-21-9-7-20(8-10-21)30-24(34)31-14-11-18(12-15-31)23-29-13-16-32(23)17-19-5-3-4-6-22(19)25(26,27)28/h3-10,13,16,18H,2,11-12,14-15,17H2,1H3,(H,30,34). The van der Waals surface area contributed by atoms with Gasteiger partial charge in [0.15, 0.2) is 5.11 Å². The molecule has 0 radical (unpaired) electrons. The van der Waals surface area contributed by atoms with Crippen LogP contribution >= 0.6 is 12.2 Å². The van der Waals surface area contributed by atoms with Gasteiger partial charge in [0.25, 0.3) is 0 Å². The molecule has 1 saturated heterocycles. The second-order valence-electron chi connectivity index (χ2n) is 8.22. The van der Waals surface area contributed by atoms with Gasteiger partial charge in [0.1, 0.15) is 11.6 Å². The van der Waals surface area contributed by atoms with Crippen molar-refractivity contribution < 1.29 is 17.9 Å². The van der Waals surface area contributed by atoms with Crippen molar-refractivity contribution in [3.05, 3.63) is 77.9 Å². The van der Waals surface area contributed by atoms with E-state index in [4.69, 9.17) is 17.0 Å². The van der Waals surface area contributed by atoms with Crippen molar-refractivity contribution in [2.24, 2.45) is 0 Å². The smallest absolute Gasteiger partial charge is 0.416 e. The molecule has 0 unspecified atom stereocenters. The highest BCUT2D eigenvalue weighted by molar-refractivity contribution is 7.80. The number of nitrogens with zero attached hydrogens (tertiary/aromatic N) is 3. The second kappa shape index (κ2) is 10.5. The van der Waals surface area contributed by atoms with Crippen LogP contribution in [0.3, 0.4) is 0 Å². The zero-order chi connectivity index (χ0) is 24.1. The van der Waals surface area contributed by atoms with Crippen LogP contribution < -0.4 is 10.1 Å². The maximum atomic E-state index is 13.4. The molecule has 0 saturated carbocycles. The molecule has 0 amide bonds. The molecular weight excluding hydrogens is 461 g/mol. The zero-order valence-corrected chi connectivity index (χ0v) is 19.7. The Bertz CT molecular complexity index is 1110. The lowest BCUT2D eigenvalue weighted by molar-refractivity contribution is -0.138. The third kappa shape index (κ3) is 5.70. The SMILES string of the molecule is CCOc1ccc(NC(=S)N2CCC(c3nccn3Cc3ccccc3C(F)(F)F)CC2)cc1. The van der Waals surface area contributed by atoms with Gasteiger partial charge in [0, 0.05) is 43.6 Å². The fourth-order valence-electron chi connectivity index (χ4n) is 4.28. The summed E-state index contributed by atoms with van der Waals surface area (Å²) in [4.78, 5) is 6.61. The summed E-state index contributed by atoms with van der Waals surface area (Å²) in [5.41, 5.74) is 0.539. The minimum absolute atomic E-state index is 0.142. The molecule has 1 fully saturated rings. The number of likely N-dealkylation sites (tertiary alicyclic amines) is 1. The van der Waals surface area contributed by atoms with Gasteiger partial charge in [-0.15, -0.1) is 0 Å². The maximum Gasteiger partial charge on any atom is 0.416 e. The highest BCUT2D eigenvalue weighted by Gasteiger charge is 2.33. The van der Waals surface area contributed by atoms with E-state index in [2.05, 4.69) is 15.2 Å². The number of hydrogen-bond donors (Lipinski definition) is 1. The third-order valence-corrected chi connectivity index (χ3v) is 6.34. The van der Waals surface area contributed by atoms with E-state index in [-0.39, 0.29) is 18.0 Å². The van der Waals surface area contributed by atoms with Gasteiger partial charge < -0.3 is 19.5 Å². The second-order valence-corrected chi connectivity index (χ2v) is 8.60. The number of anilines is 1. The van der Waals surface area contributed by atoms with Gasteiger partial charge in [-0.2, -0.15) is 13.2 Å². The van der Waals surface area contributed by atoms with Crippen LogP contribution in [0.25, 0.3) is 0 Å². The number of ether oxygens (including phenoxy) is 1. The van der Waals surface area contributed by atoms with Crippen LogP contribution in [0.1, 0.15) is 42.6 Å². The quantitative estimate of drug-likeness (QED) is 0.436. The van der Waals surface area contributed by atoms with Gasteiger partial charge in [-0.3, -0.25) is 0 Å². The van der Waals surface area contributed by atoms with Crippen LogP contribution in [0.2, 0.25) is 0 Å². The Morgan fingerprint density at radius 1 is 1.12 bits per heavy atom. The predicted molar refractivity (Wildman–Crippen MR) is 130 cm³/mol. The highest BCUT2D eigenvalue weighted by atomic mass is 32.1. The summed E-state index contributed by atoms with van der Waals surface area (Å²) in [6.07, 6.45) is 0.684. The fourth-order valence-corrected chi connectivity index (χ4v) is 4.58. The molecule has 2 heterocycles. The Morgan fingerprint density at radius 2 is 1.82 bits per heavy atom. The molecule has 5 nitrogen and oxygen atoms in total. The van der Waals surface area contributed by atoms with Gasteiger partial charge in [0.2, 0.25) is 0 Å². The Balaban J connectivity index is 1.37. The molecule has 1 N–H and O–H groups in total. The van der Waals surface area contributed by atoms with Crippen LogP contribution in [0, 0.1) is 0 Å². The third-order valence-electron chi connectivity index (χ3n) is 5.98. The topological polar surface area (TPSA) is 42.3 Å². The number of thiocarbonyl (C=S) groups is 1. The van der Waals surface area contributed by atoms with Crippen molar-refractivity contribution in [3.63, 3.8) is 0 Å². The van der Waals surface area contributed by atoms with E-state index in [1.165, 1.54) is 12.1 Å². The van der Waals surface area contributed by atoms with Crippen LogP contribution in [-0.4, -0.2) is 39.3 Å². The van der Waals surface area contributed by atoms with Gasteiger partial charge in [0.05, 0.1) is 12.2 Å². The van der Waals surface area contributed by atoms with Gasteiger partial charge in [-0.1, -0.05) is 18.2 Å². The number of halogens is 3. The number of imidazole rings is 1. The number of rotatable bonds is 6. The molecule has 0 atom stereocenters. The molecule has 0 bridgehead atoms. The van der Waals surface area contributed by atoms with Crippen LogP contribution in [0.15, 0.2) is 60.9 Å². The van der Waals surface area contributed by atoms with Gasteiger partial charge in [-0.25, -0.2) is 4.98 Å². The minimum Gasteiger partial charge on any atom is -0.494 e. The Hall–Kier alpha value is -3.07. The molecule has 180 valence electrons. The molecule has 2 aromatic carbocycles. The van der Waals surface area contributed by atoms with Crippen molar-refractivity contribution in [2.75, 3.05) is 25.0 Å². The van der Waals surface area contributed by atoms with E-state index >= 15 is 0 Å². The minimum atomic E-state index is -4.38. The van der Waals surface area contributed by atoms with Crippen molar-refractivity contribution in [3.8, 4) is 5.75 Å². The summed E-state index contributed by atoms with van der Waals surface area (Å²) in [6, 6.07) is 13.4. The summed E-state index contributed by atoms with van der Waals surface area (Å²) < 4.78 is 47.5. The average molecular weight is 489 g/mol. The molecule has 0 aliphatic carbocycles. The monoisotopic (exact) mass is 488 g/mol. The lowest BCUT2D eigenvalue weighted by atomic mass is 9.96. The Morgan fingerprint density at radius 3 is 2.50 bits per heavy atom. The van der Waals surface area contributed by atoms with Crippen molar-refractivity contribution in [1.29, 1.82) is 0 Å². The molecular formula is C25H27F3N4OS. The van der Waals surface area contributed by atoms with Gasteiger partial charge in [-0.05, 0) is 67.9 Å². The number of aromatic nitrogens is 2. The number of nitrogens with one attached hydrogen (secondary N) is 1. The fraction of sp³-hybridized carbons (Fsp3) is 0.360. The van der Waals surface area contributed by atoms with Gasteiger partial charge >= 0.3 is 6.18 Å². The lowest BCUT2D eigenvalue weighted by Gasteiger charge is -2.33. The number of hydrogen-bond acceptors (Lipinski definition) is 3. The van der Waals surface area contributed by atoms with Crippen molar-refractivity contribution >= 4 is 23.0 Å². The van der Waals surface area contributed by atoms with Crippen LogP contribution in [0.4, 0.5) is 18.9 Å². The molecule has 1 aliphatic rings. The number of alkyl halides is 3. The highest BCUT2D eigenvalue weighted by Crippen LogP contribution is 2.33. The first-order valence-corrected chi connectivity index (χ1v) is 11.7. The predicted octanol–water partition coefficient (Wildman–Crippen LogP) is 5.93. The number of piperidine rings is 1. The Labute approximate surface area is 202 Å². The van der Waals surface area contributed by atoms with Crippen LogP contribution in [0.5, 0.6) is 5.75 Å². The zero-order valence-electron chi connectivity index (χ0n) is 18.9. The summed E-state index contributed by atoms with van der Waals surface area (Å²) in [6.45, 7) is 4.20. The summed E-state index contributed by atoms with van der Waals surface area (Å²) in [5, 5.41) is 3.93. The lowest BCUT2D eigenvalue weighted by Crippen LogP contribution is -2.40. The summed E-state index contributed by atoms with van der Waals surface area (Å²) in [7, 11) is 0. The molecule has 9 heteroatoms. The van der Waals surface area contributed by atoms with E-state index in [1.54, 1.807) is 18.5 Å². The summed E-state index contributed by atoms with van der Waals surface area (Å²) >= 11 is 5.60. The van der Waals surface area contributed by atoms with E-state index in [9.17, 15) is 13.2 Å². The summed E-state index contributed by atoms with van der Waals surface area (Å²) in [5.74, 6) is 1.80.